The van der Waals surface area contributed by atoms with E-state index >= 15 is 0 Å². The van der Waals surface area contributed by atoms with E-state index in [4.69, 9.17) is 9.56 Å². The van der Waals surface area contributed by atoms with Crippen molar-refractivity contribution in [1.29, 1.82) is 0 Å². The van der Waals surface area contributed by atoms with E-state index < -0.39 is 20.0 Å². The molecule has 1 heterocycles. The molecule has 0 saturated carbocycles. The standard InChI is InChI=1S/C10H11N3O5S2/c1-7-6-12-10(18-7)13-20(16,17)9-4-2-3-8(5-9)19(11,14)15/h2-6H,1H3,(H,12,13)(H2,11,14,15). The molecule has 0 saturated heterocycles. The molecule has 0 aliphatic carbocycles. The predicted molar refractivity (Wildman–Crippen MR) is 69.9 cm³/mol. The van der Waals surface area contributed by atoms with Crippen LogP contribution in [0.2, 0.25) is 0 Å². The molecule has 2 aromatic rings. The van der Waals surface area contributed by atoms with Gasteiger partial charge in [-0.2, -0.15) is 0 Å². The van der Waals surface area contributed by atoms with Gasteiger partial charge in [0.2, 0.25) is 10.0 Å². The van der Waals surface area contributed by atoms with Crippen LogP contribution in [0.1, 0.15) is 5.76 Å². The number of nitrogens with two attached hydrogens (primary N) is 1. The van der Waals surface area contributed by atoms with Crippen LogP contribution in [0.5, 0.6) is 0 Å². The monoisotopic (exact) mass is 317 g/mol. The van der Waals surface area contributed by atoms with E-state index in [0.29, 0.717) is 5.76 Å². The van der Waals surface area contributed by atoms with Crippen LogP contribution in [0.25, 0.3) is 0 Å². The summed E-state index contributed by atoms with van der Waals surface area (Å²) in [5, 5.41) is 4.95. The van der Waals surface area contributed by atoms with Crippen molar-refractivity contribution in [3.05, 3.63) is 36.2 Å². The van der Waals surface area contributed by atoms with E-state index in [2.05, 4.69) is 9.71 Å². The van der Waals surface area contributed by atoms with Crippen molar-refractivity contribution in [3.8, 4) is 0 Å². The molecule has 0 aliphatic heterocycles. The largest absolute Gasteiger partial charge is 0.428 e. The second-order valence-corrected chi connectivity index (χ2v) is 7.15. The number of hydrogen-bond acceptors (Lipinski definition) is 6. The average Bonchev–Trinajstić information content (AvgIpc) is 2.73. The van der Waals surface area contributed by atoms with Gasteiger partial charge in [0.1, 0.15) is 5.76 Å². The Kier molecular flexibility index (Phi) is 3.54. The average molecular weight is 317 g/mol. The molecule has 2 rings (SSSR count). The number of primary sulfonamides is 1. The topological polar surface area (TPSA) is 132 Å². The number of nitrogens with zero attached hydrogens (tertiary/aromatic N) is 1. The van der Waals surface area contributed by atoms with Gasteiger partial charge in [0, 0.05) is 0 Å². The number of rotatable bonds is 4. The van der Waals surface area contributed by atoms with Gasteiger partial charge in [-0.1, -0.05) is 6.07 Å². The van der Waals surface area contributed by atoms with Crippen molar-refractivity contribution < 1.29 is 21.3 Å². The Morgan fingerprint density at radius 2 is 1.85 bits per heavy atom. The highest BCUT2D eigenvalue weighted by Crippen LogP contribution is 2.18. The first-order valence-corrected chi connectivity index (χ1v) is 8.29. The maximum absolute atomic E-state index is 12.0. The molecule has 108 valence electrons. The fourth-order valence-corrected chi connectivity index (χ4v) is 3.01. The van der Waals surface area contributed by atoms with Crippen molar-refractivity contribution in [2.45, 2.75) is 16.7 Å². The molecule has 0 bridgehead atoms. The van der Waals surface area contributed by atoms with E-state index in [1.165, 1.54) is 24.4 Å². The third kappa shape index (κ3) is 3.15. The van der Waals surface area contributed by atoms with Gasteiger partial charge in [-0.25, -0.2) is 31.7 Å². The lowest BCUT2D eigenvalue weighted by molar-refractivity contribution is 0.543. The molecular weight excluding hydrogens is 306 g/mol. The minimum absolute atomic E-state index is 0.205. The number of benzene rings is 1. The number of aryl methyl sites for hydroxylation is 1. The van der Waals surface area contributed by atoms with Crippen LogP contribution in [-0.2, 0) is 20.0 Å². The van der Waals surface area contributed by atoms with Crippen molar-refractivity contribution in [2.24, 2.45) is 5.14 Å². The number of anilines is 1. The number of aromatic nitrogens is 1. The zero-order valence-electron chi connectivity index (χ0n) is 10.3. The third-order valence-electron chi connectivity index (χ3n) is 2.29. The van der Waals surface area contributed by atoms with Crippen LogP contribution in [0, 0.1) is 6.92 Å². The molecule has 3 N–H and O–H groups in total. The predicted octanol–water partition coefficient (Wildman–Crippen LogP) is 0.431. The van der Waals surface area contributed by atoms with Crippen molar-refractivity contribution in [2.75, 3.05) is 4.72 Å². The molecule has 20 heavy (non-hydrogen) atoms. The molecule has 0 fully saturated rings. The second-order valence-electron chi connectivity index (χ2n) is 3.90. The Morgan fingerprint density at radius 3 is 2.40 bits per heavy atom. The maximum Gasteiger partial charge on any atom is 0.309 e. The van der Waals surface area contributed by atoms with Crippen LogP contribution in [0.15, 0.2) is 44.7 Å². The molecule has 1 aromatic heterocycles. The van der Waals surface area contributed by atoms with Gasteiger partial charge >= 0.3 is 6.01 Å². The Balaban J connectivity index is 2.40. The summed E-state index contributed by atoms with van der Waals surface area (Å²) in [4.78, 5) is 3.13. The van der Waals surface area contributed by atoms with Crippen LogP contribution in [0.3, 0.4) is 0 Å². The summed E-state index contributed by atoms with van der Waals surface area (Å²) in [6.07, 6.45) is 1.35. The lowest BCUT2D eigenvalue weighted by Gasteiger charge is -2.05. The normalized spacial score (nSPS) is 12.3. The number of oxazole rings is 1. The van der Waals surface area contributed by atoms with Crippen molar-refractivity contribution in [3.63, 3.8) is 0 Å². The highest BCUT2D eigenvalue weighted by atomic mass is 32.2. The summed E-state index contributed by atoms with van der Waals surface area (Å²) in [5.41, 5.74) is 0. The highest BCUT2D eigenvalue weighted by Gasteiger charge is 2.19. The van der Waals surface area contributed by atoms with E-state index in [1.807, 2.05) is 0 Å². The molecular formula is C10H11N3O5S2. The number of hydrogen-bond donors (Lipinski definition) is 2. The first-order chi connectivity index (χ1) is 9.18. The lowest BCUT2D eigenvalue weighted by Crippen LogP contribution is -2.16. The van der Waals surface area contributed by atoms with E-state index in [1.54, 1.807) is 6.92 Å². The van der Waals surface area contributed by atoms with Gasteiger partial charge in [-0.3, -0.25) is 0 Å². The van der Waals surface area contributed by atoms with Crippen LogP contribution < -0.4 is 9.86 Å². The zero-order chi connectivity index (χ0) is 15.0. The summed E-state index contributed by atoms with van der Waals surface area (Å²) in [6, 6.07) is 4.45. The summed E-state index contributed by atoms with van der Waals surface area (Å²) >= 11 is 0. The minimum atomic E-state index is -4.01. The zero-order valence-corrected chi connectivity index (χ0v) is 11.9. The van der Waals surface area contributed by atoms with E-state index in [9.17, 15) is 16.8 Å². The van der Waals surface area contributed by atoms with Crippen LogP contribution in [0.4, 0.5) is 6.01 Å². The van der Waals surface area contributed by atoms with E-state index in [0.717, 1.165) is 6.07 Å². The Hall–Kier alpha value is -1.91. The SMILES string of the molecule is Cc1cnc(NS(=O)(=O)c2cccc(S(N)(=O)=O)c2)o1. The smallest absolute Gasteiger partial charge is 0.309 e. The number of sulfonamides is 2. The molecule has 1 aromatic carbocycles. The molecule has 0 amide bonds. The van der Waals surface area contributed by atoms with Gasteiger partial charge in [-0.15, -0.1) is 0 Å². The summed E-state index contributed by atoms with van der Waals surface area (Å²) < 4.78 is 53.6. The molecule has 10 heteroatoms. The van der Waals surface area contributed by atoms with Gasteiger partial charge < -0.3 is 4.42 Å². The number of nitrogens with one attached hydrogen (secondary N) is 1. The fourth-order valence-electron chi connectivity index (χ4n) is 1.39. The molecule has 8 nitrogen and oxygen atoms in total. The van der Waals surface area contributed by atoms with Crippen molar-refractivity contribution >= 4 is 26.1 Å². The summed E-state index contributed by atoms with van der Waals surface area (Å²) in [7, 11) is -7.99. The van der Waals surface area contributed by atoms with Gasteiger partial charge in [0.25, 0.3) is 10.0 Å². The summed E-state index contributed by atoms with van der Waals surface area (Å²) in [6.45, 7) is 1.60. The van der Waals surface area contributed by atoms with Crippen molar-refractivity contribution in [1.82, 2.24) is 4.98 Å². The first-order valence-electron chi connectivity index (χ1n) is 5.26. The molecule has 0 spiro atoms. The Bertz CT molecular complexity index is 839. The van der Waals surface area contributed by atoms with Gasteiger partial charge in [-0.05, 0) is 25.1 Å². The Labute approximate surface area is 115 Å². The highest BCUT2D eigenvalue weighted by molar-refractivity contribution is 7.92. The van der Waals surface area contributed by atoms with E-state index in [-0.39, 0.29) is 15.8 Å². The first kappa shape index (κ1) is 14.5. The van der Waals surface area contributed by atoms with Gasteiger partial charge in [0.15, 0.2) is 0 Å². The van der Waals surface area contributed by atoms with Gasteiger partial charge in [0.05, 0.1) is 16.0 Å². The second kappa shape index (κ2) is 4.89. The molecule has 0 unspecified atom stereocenters. The molecule has 0 radical (unpaired) electrons. The maximum atomic E-state index is 12.0. The van der Waals surface area contributed by atoms with Crippen LogP contribution >= 0.6 is 0 Å². The molecule has 0 atom stereocenters. The molecule has 0 aliphatic rings. The Morgan fingerprint density at radius 1 is 1.20 bits per heavy atom. The minimum Gasteiger partial charge on any atom is -0.428 e. The third-order valence-corrected chi connectivity index (χ3v) is 4.52. The quantitative estimate of drug-likeness (QED) is 0.840. The fraction of sp³-hybridized carbons (Fsp3) is 0.100. The lowest BCUT2D eigenvalue weighted by atomic mass is 10.4. The summed E-state index contributed by atoms with van der Waals surface area (Å²) in [5.74, 6) is 0.431. The van der Waals surface area contributed by atoms with Crippen LogP contribution in [-0.4, -0.2) is 21.8 Å².